The third-order valence-electron chi connectivity index (χ3n) is 2.92. The predicted octanol–water partition coefficient (Wildman–Crippen LogP) is 2.15. The van der Waals surface area contributed by atoms with Crippen molar-refractivity contribution in [2.24, 2.45) is 0 Å². The number of rotatable bonds is 2. The summed E-state index contributed by atoms with van der Waals surface area (Å²) in [6.07, 6.45) is 1.98. The molecule has 5 nitrogen and oxygen atoms in total. The molecule has 0 saturated heterocycles. The minimum absolute atomic E-state index is 0.118. The molecule has 0 fully saturated rings. The van der Waals surface area contributed by atoms with Crippen molar-refractivity contribution in [1.82, 2.24) is 10.2 Å². The van der Waals surface area contributed by atoms with E-state index in [0.717, 1.165) is 36.2 Å². The van der Waals surface area contributed by atoms with Crippen LogP contribution < -0.4 is 10.6 Å². The number of anilines is 2. The van der Waals surface area contributed by atoms with Crippen LogP contribution in [0.15, 0.2) is 23.7 Å². The van der Waals surface area contributed by atoms with E-state index in [1.54, 1.807) is 5.51 Å². The fourth-order valence-corrected chi connectivity index (χ4v) is 2.55. The third kappa shape index (κ3) is 2.06. The average molecular weight is 260 g/mol. The van der Waals surface area contributed by atoms with Crippen LogP contribution in [-0.4, -0.2) is 22.6 Å². The lowest BCUT2D eigenvalue weighted by molar-refractivity contribution is 0.102. The molecule has 0 atom stereocenters. The maximum absolute atomic E-state index is 12.2. The molecule has 0 spiro atoms. The molecule has 0 radical (unpaired) electrons. The van der Waals surface area contributed by atoms with Crippen LogP contribution in [0.5, 0.6) is 0 Å². The van der Waals surface area contributed by atoms with Gasteiger partial charge in [-0.2, -0.15) is 0 Å². The molecule has 2 N–H and O–H groups in total. The van der Waals surface area contributed by atoms with Crippen molar-refractivity contribution in [2.45, 2.75) is 12.8 Å². The highest BCUT2D eigenvalue weighted by Gasteiger charge is 2.17. The van der Waals surface area contributed by atoms with E-state index < -0.39 is 0 Å². The van der Waals surface area contributed by atoms with Gasteiger partial charge in [-0.05, 0) is 30.5 Å². The number of benzene rings is 1. The van der Waals surface area contributed by atoms with Gasteiger partial charge in [0.05, 0.1) is 0 Å². The highest BCUT2D eigenvalue weighted by molar-refractivity contribution is 7.13. The van der Waals surface area contributed by atoms with Gasteiger partial charge >= 0.3 is 0 Å². The first-order chi connectivity index (χ1) is 8.84. The Morgan fingerprint density at radius 3 is 3.22 bits per heavy atom. The first kappa shape index (κ1) is 11.2. The average Bonchev–Trinajstić information content (AvgIpc) is 2.91. The molecule has 0 saturated carbocycles. The van der Waals surface area contributed by atoms with Crippen LogP contribution in [0.25, 0.3) is 0 Å². The molecule has 1 aromatic carbocycles. The Labute approximate surface area is 108 Å². The van der Waals surface area contributed by atoms with E-state index in [9.17, 15) is 4.79 Å². The summed E-state index contributed by atoms with van der Waals surface area (Å²) < 4.78 is 0. The minimum Gasteiger partial charge on any atom is -0.385 e. The van der Waals surface area contributed by atoms with Gasteiger partial charge in [-0.1, -0.05) is 17.4 Å². The summed E-state index contributed by atoms with van der Waals surface area (Å²) in [6.45, 7) is 0.967. The lowest BCUT2D eigenvalue weighted by atomic mass is 9.97. The molecule has 0 unspecified atom stereocenters. The van der Waals surface area contributed by atoms with Crippen molar-refractivity contribution in [3.05, 3.63) is 34.8 Å². The fraction of sp³-hybridized carbons (Fsp3) is 0.250. The van der Waals surface area contributed by atoms with Crippen molar-refractivity contribution in [3.8, 4) is 0 Å². The second kappa shape index (κ2) is 4.73. The quantitative estimate of drug-likeness (QED) is 0.868. The Balaban J connectivity index is 1.89. The summed E-state index contributed by atoms with van der Waals surface area (Å²) in [5.74, 6) is -0.118. The van der Waals surface area contributed by atoms with Gasteiger partial charge in [0.15, 0.2) is 0 Å². The predicted molar refractivity (Wildman–Crippen MR) is 71.1 cm³/mol. The first-order valence-corrected chi connectivity index (χ1v) is 6.66. The summed E-state index contributed by atoms with van der Waals surface area (Å²) in [4.78, 5) is 12.2. The van der Waals surface area contributed by atoms with E-state index in [1.165, 1.54) is 11.3 Å². The number of nitrogens with one attached hydrogen (secondary N) is 2. The van der Waals surface area contributed by atoms with Crippen LogP contribution in [0.4, 0.5) is 10.8 Å². The summed E-state index contributed by atoms with van der Waals surface area (Å²) in [5, 5.41) is 14.1. The zero-order valence-electron chi connectivity index (χ0n) is 9.64. The standard InChI is InChI=1S/C12H12N4OS/c17-11(15-12-16-14-7-18-12)9-3-1-5-10-8(9)4-2-6-13-10/h1,3,5,7,13H,2,4,6H2,(H,15,16,17). The molecule has 1 aliphatic rings. The van der Waals surface area contributed by atoms with E-state index in [-0.39, 0.29) is 5.91 Å². The van der Waals surface area contributed by atoms with Gasteiger partial charge < -0.3 is 5.32 Å². The van der Waals surface area contributed by atoms with Gasteiger partial charge in [-0.15, -0.1) is 10.2 Å². The number of fused-ring (bicyclic) bond motifs is 1. The maximum Gasteiger partial charge on any atom is 0.257 e. The lowest BCUT2D eigenvalue weighted by Crippen LogP contribution is -2.19. The largest absolute Gasteiger partial charge is 0.385 e. The van der Waals surface area contributed by atoms with Crippen LogP contribution in [0, 0.1) is 0 Å². The molecule has 6 heteroatoms. The van der Waals surface area contributed by atoms with Crippen molar-refractivity contribution in [3.63, 3.8) is 0 Å². The molecule has 0 aliphatic carbocycles. The van der Waals surface area contributed by atoms with Crippen LogP contribution in [0.2, 0.25) is 0 Å². The monoisotopic (exact) mass is 260 g/mol. The van der Waals surface area contributed by atoms with Crippen LogP contribution >= 0.6 is 11.3 Å². The summed E-state index contributed by atoms with van der Waals surface area (Å²) in [5.41, 5.74) is 4.46. The fourth-order valence-electron chi connectivity index (χ4n) is 2.11. The van der Waals surface area contributed by atoms with Gasteiger partial charge in [0.2, 0.25) is 5.13 Å². The Kier molecular flexibility index (Phi) is 2.93. The summed E-state index contributed by atoms with van der Waals surface area (Å²) >= 11 is 1.31. The number of nitrogens with zero attached hydrogens (tertiary/aromatic N) is 2. The molecule has 3 rings (SSSR count). The van der Waals surface area contributed by atoms with Gasteiger partial charge in [-0.3, -0.25) is 10.1 Å². The molecular weight excluding hydrogens is 248 g/mol. The molecule has 18 heavy (non-hydrogen) atoms. The smallest absolute Gasteiger partial charge is 0.257 e. The zero-order valence-corrected chi connectivity index (χ0v) is 10.5. The van der Waals surface area contributed by atoms with Gasteiger partial charge in [0, 0.05) is 17.8 Å². The second-order valence-corrected chi connectivity index (χ2v) is 4.89. The summed E-state index contributed by atoms with van der Waals surface area (Å²) in [7, 11) is 0. The summed E-state index contributed by atoms with van der Waals surface area (Å²) in [6, 6.07) is 5.75. The molecule has 2 aromatic rings. The Hall–Kier alpha value is -1.95. The topological polar surface area (TPSA) is 66.9 Å². The molecule has 2 heterocycles. The van der Waals surface area contributed by atoms with E-state index in [0.29, 0.717) is 5.13 Å². The molecule has 1 amide bonds. The van der Waals surface area contributed by atoms with E-state index in [4.69, 9.17) is 0 Å². The van der Waals surface area contributed by atoms with Crippen molar-refractivity contribution < 1.29 is 4.79 Å². The normalized spacial score (nSPS) is 13.6. The number of hydrogen-bond donors (Lipinski definition) is 2. The lowest BCUT2D eigenvalue weighted by Gasteiger charge is -2.20. The highest BCUT2D eigenvalue weighted by atomic mass is 32.1. The molecule has 1 aromatic heterocycles. The number of carbonyl (C=O) groups excluding carboxylic acids is 1. The van der Waals surface area contributed by atoms with Crippen LogP contribution in [-0.2, 0) is 6.42 Å². The third-order valence-corrected chi connectivity index (χ3v) is 3.53. The maximum atomic E-state index is 12.2. The van der Waals surface area contributed by atoms with Gasteiger partial charge in [0.1, 0.15) is 5.51 Å². The van der Waals surface area contributed by atoms with Gasteiger partial charge in [0.25, 0.3) is 5.91 Å². The van der Waals surface area contributed by atoms with Crippen molar-refractivity contribution >= 4 is 28.1 Å². The molecular formula is C12H12N4OS. The Bertz CT molecular complexity index is 567. The molecule has 92 valence electrons. The Morgan fingerprint density at radius 1 is 1.44 bits per heavy atom. The Morgan fingerprint density at radius 2 is 2.39 bits per heavy atom. The molecule has 1 aliphatic heterocycles. The van der Waals surface area contributed by atoms with Crippen LogP contribution in [0.1, 0.15) is 22.3 Å². The van der Waals surface area contributed by atoms with Crippen molar-refractivity contribution in [2.75, 3.05) is 17.2 Å². The second-order valence-electron chi connectivity index (χ2n) is 4.06. The van der Waals surface area contributed by atoms with Gasteiger partial charge in [-0.25, -0.2) is 0 Å². The highest BCUT2D eigenvalue weighted by Crippen LogP contribution is 2.26. The van der Waals surface area contributed by atoms with E-state index in [1.807, 2.05) is 18.2 Å². The van der Waals surface area contributed by atoms with Crippen molar-refractivity contribution in [1.29, 1.82) is 0 Å². The molecule has 0 bridgehead atoms. The van der Waals surface area contributed by atoms with E-state index >= 15 is 0 Å². The van der Waals surface area contributed by atoms with E-state index in [2.05, 4.69) is 20.8 Å². The first-order valence-electron chi connectivity index (χ1n) is 5.78. The number of carbonyl (C=O) groups is 1. The number of hydrogen-bond acceptors (Lipinski definition) is 5. The number of amides is 1. The SMILES string of the molecule is O=C(Nc1nncs1)c1cccc2c1CCCN2. The van der Waals surface area contributed by atoms with Crippen LogP contribution in [0.3, 0.4) is 0 Å². The number of aromatic nitrogens is 2. The zero-order chi connectivity index (χ0) is 12.4. The minimum atomic E-state index is -0.118.